The number of hydrazone groups is 1. The largest absolute Gasteiger partial charge is 0.493 e. The van der Waals surface area contributed by atoms with Crippen LogP contribution in [-0.4, -0.2) is 63.3 Å². The van der Waals surface area contributed by atoms with E-state index >= 15 is 4.39 Å². The average Bonchev–Trinajstić information content (AvgIpc) is 3.20. The molecule has 2 aliphatic rings. The highest BCUT2D eigenvalue weighted by Crippen LogP contribution is 2.38. The molecule has 1 unspecified atom stereocenters. The molecule has 2 atom stereocenters. The number of anilines is 1. The Bertz CT molecular complexity index is 1070. The van der Waals surface area contributed by atoms with E-state index in [-0.39, 0.29) is 17.9 Å². The van der Waals surface area contributed by atoms with Crippen LogP contribution in [0.5, 0.6) is 11.5 Å². The van der Waals surface area contributed by atoms with Gasteiger partial charge in [-0.15, -0.1) is 0 Å². The zero-order valence-electron chi connectivity index (χ0n) is 19.2. The Morgan fingerprint density at radius 1 is 1.21 bits per heavy atom. The van der Waals surface area contributed by atoms with Crippen LogP contribution in [0.25, 0.3) is 0 Å². The first-order valence-corrected chi connectivity index (χ1v) is 10.9. The van der Waals surface area contributed by atoms with Crippen LogP contribution >= 0.6 is 0 Å². The topological polar surface area (TPSA) is 66.4 Å². The number of nitrogens with zero attached hydrogens (tertiary/aromatic N) is 3. The van der Waals surface area contributed by atoms with Crippen molar-refractivity contribution in [2.24, 2.45) is 5.10 Å². The molecule has 0 bridgehead atoms. The average molecular weight is 459 g/mol. The highest BCUT2D eigenvalue weighted by molar-refractivity contribution is 6.14. The molecular weight excluding hydrogens is 430 g/mol. The highest BCUT2D eigenvalue weighted by Gasteiger charge is 2.31. The van der Waals surface area contributed by atoms with Gasteiger partial charge in [0, 0.05) is 42.5 Å². The molecule has 2 heterocycles. The van der Waals surface area contributed by atoms with Crippen LogP contribution in [0.15, 0.2) is 35.4 Å². The van der Waals surface area contributed by atoms with Gasteiger partial charge < -0.3 is 19.7 Å². The number of carbonyl (C=O) groups excluding carboxylic acids is 1. The molecule has 33 heavy (non-hydrogen) atoms. The van der Waals surface area contributed by atoms with E-state index in [9.17, 15) is 9.18 Å². The number of alkyl halides is 1. The maximum absolute atomic E-state index is 15.5. The van der Waals surface area contributed by atoms with Crippen LogP contribution in [0, 0.1) is 5.82 Å². The Balaban J connectivity index is 1.85. The first kappa shape index (κ1) is 22.8. The molecule has 1 fully saturated rings. The van der Waals surface area contributed by atoms with Gasteiger partial charge in [-0.3, -0.25) is 0 Å². The van der Waals surface area contributed by atoms with E-state index in [4.69, 9.17) is 9.47 Å². The van der Waals surface area contributed by atoms with Gasteiger partial charge in [0.25, 0.3) is 0 Å². The van der Waals surface area contributed by atoms with Gasteiger partial charge in [-0.2, -0.15) is 5.10 Å². The van der Waals surface area contributed by atoms with Crippen molar-refractivity contribution in [1.29, 1.82) is 0 Å². The van der Waals surface area contributed by atoms with E-state index < -0.39 is 24.1 Å². The standard InChI is InChI=1S/C24H28F2N4O3/c1-14-11-18-19(12-20(32-3)23(33-4)21(18)26)22(28-30(14)24(31)27-2)15-5-7-17(8-6-15)29-10-9-16(25)13-29/h5-8,12,14,16H,9-11,13H2,1-4H3,(H,27,31)/t14?,16-/m1/s1. The van der Waals surface area contributed by atoms with Crippen molar-refractivity contribution in [1.82, 2.24) is 10.3 Å². The number of urea groups is 1. The highest BCUT2D eigenvalue weighted by atomic mass is 19.1. The van der Waals surface area contributed by atoms with Crippen LogP contribution < -0.4 is 19.7 Å². The van der Waals surface area contributed by atoms with Gasteiger partial charge in [-0.05, 0) is 38.0 Å². The zero-order valence-corrected chi connectivity index (χ0v) is 19.2. The molecule has 0 spiro atoms. The SMILES string of the molecule is CNC(=O)N1N=C(c2ccc(N3CC[C@@H](F)C3)cc2)c2cc(OC)c(OC)c(F)c2CC1C. The fourth-order valence-corrected chi connectivity index (χ4v) is 4.40. The normalized spacial score (nSPS) is 20.1. The Morgan fingerprint density at radius 3 is 2.52 bits per heavy atom. The van der Waals surface area contributed by atoms with Gasteiger partial charge in [0.15, 0.2) is 17.3 Å². The quantitative estimate of drug-likeness (QED) is 0.758. The summed E-state index contributed by atoms with van der Waals surface area (Å²) < 4.78 is 39.8. The fourth-order valence-electron chi connectivity index (χ4n) is 4.40. The summed E-state index contributed by atoms with van der Waals surface area (Å²) in [5, 5.41) is 8.58. The van der Waals surface area contributed by atoms with Crippen molar-refractivity contribution in [3.63, 3.8) is 0 Å². The van der Waals surface area contributed by atoms with Crippen LogP contribution in [-0.2, 0) is 6.42 Å². The summed E-state index contributed by atoms with van der Waals surface area (Å²) >= 11 is 0. The molecule has 1 saturated heterocycles. The number of benzene rings is 2. The van der Waals surface area contributed by atoms with Gasteiger partial charge in [-0.25, -0.2) is 18.6 Å². The second-order valence-electron chi connectivity index (χ2n) is 8.23. The molecule has 2 amide bonds. The Morgan fingerprint density at radius 2 is 1.94 bits per heavy atom. The third kappa shape index (κ3) is 4.19. The molecule has 0 aliphatic carbocycles. The summed E-state index contributed by atoms with van der Waals surface area (Å²) in [6.45, 7) is 2.84. The molecule has 4 rings (SSSR count). The smallest absolute Gasteiger partial charge is 0.337 e. The molecule has 1 N–H and O–H groups in total. The van der Waals surface area contributed by atoms with Gasteiger partial charge in [-0.1, -0.05) is 12.1 Å². The number of methoxy groups -OCH3 is 2. The predicted octanol–water partition coefficient (Wildman–Crippen LogP) is 3.73. The third-order valence-electron chi connectivity index (χ3n) is 6.15. The Hall–Kier alpha value is -3.36. The molecule has 2 aliphatic heterocycles. The maximum atomic E-state index is 15.5. The van der Waals surface area contributed by atoms with Crippen LogP contribution in [0.4, 0.5) is 19.3 Å². The molecule has 176 valence electrons. The molecule has 0 aromatic heterocycles. The number of rotatable bonds is 4. The molecule has 9 heteroatoms. The number of carbonyl (C=O) groups is 1. The van der Waals surface area contributed by atoms with E-state index in [1.165, 1.54) is 26.3 Å². The summed E-state index contributed by atoms with van der Waals surface area (Å²) in [7, 11) is 4.36. The lowest BCUT2D eigenvalue weighted by molar-refractivity contribution is 0.184. The number of ether oxygens (including phenoxy) is 2. The molecule has 0 saturated carbocycles. The summed E-state index contributed by atoms with van der Waals surface area (Å²) in [5.74, 6) is -0.278. The Kier molecular flexibility index (Phi) is 6.40. The number of nitrogens with one attached hydrogen (secondary N) is 1. The fraction of sp³-hybridized carbons (Fsp3) is 0.417. The summed E-state index contributed by atoms with van der Waals surface area (Å²) in [6, 6.07) is 8.40. The van der Waals surface area contributed by atoms with Crippen molar-refractivity contribution in [2.75, 3.05) is 39.3 Å². The molecule has 2 aromatic rings. The van der Waals surface area contributed by atoms with E-state index in [0.29, 0.717) is 41.9 Å². The summed E-state index contributed by atoms with van der Waals surface area (Å²) in [6.07, 6.45) is -0.0660. The van der Waals surface area contributed by atoms with E-state index in [1.807, 2.05) is 36.1 Å². The third-order valence-corrected chi connectivity index (χ3v) is 6.15. The summed E-state index contributed by atoms with van der Waals surface area (Å²) in [5.41, 5.74) is 2.97. The Labute approximate surface area is 192 Å². The lowest BCUT2D eigenvalue weighted by Gasteiger charge is -2.22. The number of halogens is 2. The number of hydrogen-bond donors (Lipinski definition) is 1. The monoisotopic (exact) mass is 458 g/mol. The van der Waals surface area contributed by atoms with Crippen molar-refractivity contribution in [3.8, 4) is 11.5 Å². The van der Waals surface area contributed by atoms with Crippen molar-refractivity contribution in [2.45, 2.75) is 32.0 Å². The van der Waals surface area contributed by atoms with Gasteiger partial charge >= 0.3 is 6.03 Å². The molecule has 7 nitrogen and oxygen atoms in total. The van der Waals surface area contributed by atoms with Crippen molar-refractivity contribution < 1.29 is 23.0 Å². The van der Waals surface area contributed by atoms with Crippen LogP contribution in [0.2, 0.25) is 0 Å². The molecule has 2 aromatic carbocycles. The summed E-state index contributed by atoms with van der Waals surface area (Å²) in [4.78, 5) is 14.6. The maximum Gasteiger partial charge on any atom is 0.337 e. The number of hydrogen-bond acceptors (Lipinski definition) is 5. The molecule has 0 radical (unpaired) electrons. The second kappa shape index (κ2) is 9.25. The zero-order chi connectivity index (χ0) is 23.7. The lowest BCUT2D eigenvalue weighted by Crippen LogP contribution is -2.41. The first-order valence-electron chi connectivity index (χ1n) is 10.9. The predicted molar refractivity (Wildman–Crippen MR) is 123 cm³/mol. The van der Waals surface area contributed by atoms with E-state index in [0.717, 1.165) is 5.69 Å². The lowest BCUT2D eigenvalue weighted by atomic mass is 9.93. The van der Waals surface area contributed by atoms with Crippen molar-refractivity contribution in [3.05, 3.63) is 52.8 Å². The minimum atomic E-state index is -0.823. The second-order valence-corrected chi connectivity index (χ2v) is 8.23. The number of fused-ring (bicyclic) bond motifs is 1. The van der Waals surface area contributed by atoms with E-state index in [2.05, 4.69) is 10.4 Å². The van der Waals surface area contributed by atoms with E-state index in [1.54, 1.807) is 6.07 Å². The van der Waals surface area contributed by atoms with Gasteiger partial charge in [0.2, 0.25) is 0 Å². The molecular formula is C24H28F2N4O3. The minimum Gasteiger partial charge on any atom is -0.493 e. The number of amides is 2. The van der Waals surface area contributed by atoms with Gasteiger partial charge in [0.05, 0.1) is 26.0 Å². The van der Waals surface area contributed by atoms with Crippen molar-refractivity contribution >= 4 is 17.4 Å². The van der Waals surface area contributed by atoms with Crippen LogP contribution in [0.3, 0.4) is 0 Å². The minimum absolute atomic E-state index is 0.0151. The first-order chi connectivity index (χ1) is 15.9. The van der Waals surface area contributed by atoms with Gasteiger partial charge in [0.1, 0.15) is 6.17 Å². The van der Waals surface area contributed by atoms with Crippen LogP contribution in [0.1, 0.15) is 30.0 Å².